The smallest absolute Gasteiger partial charge is 0.299 e. The molecule has 0 aliphatic heterocycles. The van der Waals surface area contributed by atoms with Crippen LogP contribution in [0.2, 0.25) is 0 Å². The molecule has 0 saturated heterocycles. The molecule has 2 aromatic carbocycles. The van der Waals surface area contributed by atoms with Gasteiger partial charge in [-0.2, -0.15) is 0 Å². The molecule has 0 bridgehead atoms. The summed E-state index contributed by atoms with van der Waals surface area (Å²) in [5.74, 6) is 0. The van der Waals surface area contributed by atoms with E-state index in [0.717, 1.165) is 25.3 Å². The molecule has 0 aromatic heterocycles. The highest BCUT2D eigenvalue weighted by Crippen LogP contribution is 2.31. The van der Waals surface area contributed by atoms with Crippen molar-refractivity contribution in [2.75, 3.05) is 5.32 Å². The van der Waals surface area contributed by atoms with Gasteiger partial charge in [-0.1, -0.05) is 25.5 Å². The van der Waals surface area contributed by atoms with Crippen LogP contribution in [-0.4, -0.2) is 9.85 Å². The van der Waals surface area contributed by atoms with E-state index in [2.05, 4.69) is 12.2 Å². The topological polar surface area (TPSA) is 98.3 Å². The number of rotatable bonds is 7. The predicted molar refractivity (Wildman–Crippen MR) is 88.1 cm³/mol. The first kappa shape index (κ1) is 16.4. The van der Waals surface area contributed by atoms with Crippen molar-refractivity contribution < 1.29 is 9.85 Å². The van der Waals surface area contributed by atoms with Gasteiger partial charge in [0, 0.05) is 11.8 Å². The standard InChI is InChI=1S/C16H17N3O4/c1-2-3-4-12-5-7-13(8-6-12)17-15-10-9-14(18(20)21)11-16(15)19(22)23/h5-11,17H,2-4H2,1H3. The van der Waals surface area contributed by atoms with Crippen molar-refractivity contribution in [3.05, 3.63) is 68.3 Å². The molecular formula is C16H17N3O4. The van der Waals surface area contributed by atoms with Gasteiger partial charge in [-0.25, -0.2) is 0 Å². The van der Waals surface area contributed by atoms with E-state index in [1.807, 2.05) is 24.3 Å². The van der Waals surface area contributed by atoms with Crippen LogP contribution in [0.1, 0.15) is 25.3 Å². The van der Waals surface area contributed by atoms with Crippen LogP contribution in [0.5, 0.6) is 0 Å². The predicted octanol–water partition coefficient (Wildman–Crippen LogP) is 4.59. The van der Waals surface area contributed by atoms with Crippen LogP contribution >= 0.6 is 0 Å². The lowest BCUT2D eigenvalue weighted by Gasteiger charge is -2.08. The third-order valence-electron chi connectivity index (χ3n) is 3.44. The van der Waals surface area contributed by atoms with Crippen molar-refractivity contribution in [3.63, 3.8) is 0 Å². The van der Waals surface area contributed by atoms with E-state index in [9.17, 15) is 20.2 Å². The molecule has 0 unspecified atom stereocenters. The summed E-state index contributed by atoms with van der Waals surface area (Å²) >= 11 is 0. The molecule has 0 fully saturated rings. The van der Waals surface area contributed by atoms with Gasteiger partial charge >= 0.3 is 0 Å². The fourth-order valence-electron chi connectivity index (χ4n) is 2.18. The quantitative estimate of drug-likeness (QED) is 0.595. The molecule has 2 aromatic rings. The average molecular weight is 315 g/mol. The molecule has 0 aliphatic carbocycles. The highest BCUT2D eigenvalue weighted by molar-refractivity contribution is 5.71. The second-order valence-electron chi connectivity index (χ2n) is 5.14. The number of benzene rings is 2. The lowest BCUT2D eigenvalue weighted by molar-refractivity contribution is -0.393. The van der Waals surface area contributed by atoms with Gasteiger partial charge < -0.3 is 5.32 Å². The van der Waals surface area contributed by atoms with Gasteiger partial charge in [-0.05, 0) is 36.6 Å². The number of unbranched alkanes of at least 4 members (excludes halogenated alkanes) is 1. The van der Waals surface area contributed by atoms with E-state index in [1.165, 1.54) is 17.7 Å². The number of anilines is 2. The van der Waals surface area contributed by atoms with E-state index >= 15 is 0 Å². The van der Waals surface area contributed by atoms with Crippen LogP contribution in [0.4, 0.5) is 22.7 Å². The summed E-state index contributed by atoms with van der Waals surface area (Å²) in [7, 11) is 0. The van der Waals surface area contributed by atoms with Gasteiger partial charge in [0.1, 0.15) is 5.69 Å². The van der Waals surface area contributed by atoms with Crippen molar-refractivity contribution in [2.24, 2.45) is 0 Å². The zero-order valence-electron chi connectivity index (χ0n) is 12.7. The Morgan fingerprint density at radius 3 is 2.26 bits per heavy atom. The van der Waals surface area contributed by atoms with Crippen molar-refractivity contribution in [3.8, 4) is 0 Å². The van der Waals surface area contributed by atoms with Gasteiger partial charge in [0.15, 0.2) is 0 Å². The number of hydrogen-bond donors (Lipinski definition) is 1. The van der Waals surface area contributed by atoms with E-state index in [-0.39, 0.29) is 17.1 Å². The van der Waals surface area contributed by atoms with Crippen molar-refractivity contribution >= 4 is 22.7 Å². The van der Waals surface area contributed by atoms with Crippen molar-refractivity contribution in [2.45, 2.75) is 26.2 Å². The molecule has 0 atom stereocenters. The summed E-state index contributed by atoms with van der Waals surface area (Å²) in [6.07, 6.45) is 3.23. The molecule has 0 radical (unpaired) electrons. The molecule has 1 N–H and O–H groups in total. The lowest BCUT2D eigenvalue weighted by atomic mass is 10.1. The van der Waals surface area contributed by atoms with Crippen LogP contribution in [0.15, 0.2) is 42.5 Å². The Hall–Kier alpha value is -2.96. The SMILES string of the molecule is CCCCc1ccc(Nc2ccc([N+](=O)[O-])cc2[N+](=O)[O-])cc1. The highest BCUT2D eigenvalue weighted by Gasteiger charge is 2.19. The summed E-state index contributed by atoms with van der Waals surface area (Å²) in [6.45, 7) is 2.13. The third-order valence-corrected chi connectivity index (χ3v) is 3.44. The molecule has 0 amide bonds. The Labute approximate surface area is 133 Å². The maximum atomic E-state index is 11.1. The van der Waals surface area contributed by atoms with Gasteiger partial charge in [-0.15, -0.1) is 0 Å². The number of nitrogens with one attached hydrogen (secondary N) is 1. The number of nitrogens with zero attached hydrogens (tertiary/aromatic N) is 2. The number of non-ortho nitro benzene ring substituents is 1. The normalized spacial score (nSPS) is 10.3. The summed E-state index contributed by atoms with van der Waals surface area (Å²) in [6, 6.07) is 11.2. The minimum atomic E-state index is -0.653. The largest absolute Gasteiger partial charge is 0.350 e. The van der Waals surface area contributed by atoms with E-state index < -0.39 is 9.85 Å². The molecule has 7 nitrogen and oxygen atoms in total. The van der Waals surface area contributed by atoms with Crippen molar-refractivity contribution in [1.82, 2.24) is 0 Å². The molecule has 0 aliphatic rings. The molecule has 0 saturated carbocycles. The van der Waals surface area contributed by atoms with Crippen LogP contribution in [0.3, 0.4) is 0 Å². The molecule has 120 valence electrons. The Morgan fingerprint density at radius 2 is 1.70 bits per heavy atom. The average Bonchev–Trinajstić information content (AvgIpc) is 2.54. The second kappa shape index (κ2) is 7.35. The number of nitro groups is 2. The van der Waals surface area contributed by atoms with Crippen LogP contribution in [0, 0.1) is 20.2 Å². The van der Waals surface area contributed by atoms with E-state index in [4.69, 9.17) is 0 Å². The summed E-state index contributed by atoms with van der Waals surface area (Å²) in [4.78, 5) is 20.5. The summed E-state index contributed by atoms with van der Waals surface area (Å²) in [5.41, 5.74) is 1.49. The second-order valence-corrected chi connectivity index (χ2v) is 5.14. The maximum absolute atomic E-state index is 11.1. The van der Waals surface area contributed by atoms with Crippen LogP contribution in [-0.2, 0) is 6.42 Å². The van der Waals surface area contributed by atoms with Gasteiger partial charge in [0.25, 0.3) is 11.4 Å². The maximum Gasteiger partial charge on any atom is 0.299 e. The minimum absolute atomic E-state index is 0.224. The third kappa shape index (κ3) is 4.26. The number of nitro benzene ring substituents is 2. The summed E-state index contributed by atoms with van der Waals surface area (Å²) in [5, 5.41) is 24.8. The molecule has 2 rings (SSSR count). The first-order chi connectivity index (χ1) is 11.0. The first-order valence-corrected chi connectivity index (χ1v) is 7.30. The first-order valence-electron chi connectivity index (χ1n) is 7.30. The highest BCUT2D eigenvalue weighted by atomic mass is 16.6. The zero-order chi connectivity index (χ0) is 16.8. The van der Waals surface area contributed by atoms with Crippen LogP contribution < -0.4 is 5.32 Å². The Balaban J connectivity index is 2.22. The zero-order valence-corrected chi connectivity index (χ0v) is 12.7. The fourth-order valence-corrected chi connectivity index (χ4v) is 2.18. The molecule has 0 heterocycles. The Kier molecular flexibility index (Phi) is 5.24. The molecule has 23 heavy (non-hydrogen) atoms. The van der Waals surface area contributed by atoms with Gasteiger partial charge in [0.2, 0.25) is 0 Å². The molecular weight excluding hydrogens is 298 g/mol. The Morgan fingerprint density at radius 1 is 1.00 bits per heavy atom. The Bertz CT molecular complexity index is 714. The van der Waals surface area contributed by atoms with Gasteiger partial charge in [-0.3, -0.25) is 20.2 Å². The van der Waals surface area contributed by atoms with Crippen molar-refractivity contribution in [1.29, 1.82) is 0 Å². The number of hydrogen-bond acceptors (Lipinski definition) is 5. The molecule has 0 spiro atoms. The summed E-state index contributed by atoms with van der Waals surface area (Å²) < 4.78 is 0. The van der Waals surface area contributed by atoms with E-state index in [1.54, 1.807) is 0 Å². The molecule has 7 heteroatoms. The monoisotopic (exact) mass is 315 g/mol. The van der Waals surface area contributed by atoms with Crippen LogP contribution in [0.25, 0.3) is 0 Å². The van der Waals surface area contributed by atoms with E-state index in [0.29, 0.717) is 5.69 Å². The number of aryl methyl sites for hydroxylation is 1. The minimum Gasteiger partial charge on any atom is -0.350 e. The van der Waals surface area contributed by atoms with Gasteiger partial charge in [0.05, 0.1) is 15.9 Å². The fraction of sp³-hybridized carbons (Fsp3) is 0.250. The lowest BCUT2D eigenvalue weighted by Crippen LogP contribution is -1.99.